The van der Waals surface area contributed by atoms with Crippen molar-refractivity contribution in [2.24, 2.45) is 10.9 Å². The summed E-state index contributed by atoms with van der Waals surface area (Å²) in [6, 6.07) is 15.8. The molecule has 2 rings (SSSR count). The number of oxime groups is 1. The van der Waals surface area contributed by atoms with Crippen molar-refractivity contribution in [1.82, 2.24) is 0 Å². The Bertz CT molecular complexity index is 614. The minimum atomic E-state index is 0.104. The molecule has 0 atom stereocenters. The first-order valence-corrected chi connectivity index (χ1v) is 6.93. The summed E-state index contributed by atoms with van der Waals surface area (Å²) in [6.07, 6.45) is 0. The fraction of sp³-hybridized carbons (Fsp3) is 0.133. The summed E-state index contributed by atoms with van der Waals surface area (Å²) in [5.41, 5.74) is 8.53. The van der Waals surface area contributed by atoms with Gasteiger partial charge in [-0.3, -0.25) is 0 Å². The summed E-state index contributed by atoms with van der Waals surface area (Å²) in [7, 11) is 1.98. The van der Waals surface area contributed by atoms with E-state index < -0.39 is 0 Å². The number of benzene rings is 2. The van der Waals surface area contributed by atoms with Crippen LogP contribution in [-0.2, 0) is 6.54 Å². The third-order valence-electron chi connectivity index (χ3n) is 3.02. The van der Waals surface area contributed by atoms with Gasteiger partial charge in [0.1, 0.15) is 0 Å². The molecule has 104 valence electrons. The molecule has 0 radical (unpaired) electrons. The van der Waals surface area contributed by atoms with Gasteiger partial charge in [0.15, 0.2) is 5.84 Å². The van der Waals surface area contributed by atoms with Crippen LogP contribution in [0.3, 0.4) is 0 Å². The lowest BCUT2D eigenvalue weighted by Gasteiger charge is -2.22. The second-order valence-corrected chi connectivity index (χ2v) is 5.40. The van der Waals surface area contributed by atoms with E-state index >= 15 is 0 Å². The third kappa shape index (κ3) is 3.30. The van der Waals surface area contributed by atoms with Gasteiger partial charge in [-0.15, -0.1) is 0 Å². The summed E-state index contributed by atoms with van der Waals surface area (Å²) in [5, 5.41) is 12.0. The SMILES string of the molecule is CN(Cc1ccccc1)c1cc(Br)ccc1/C(N)=N/O. The molecule has 0 aliphatic heterocycles. The van der Waals surface area contributed by atoms with Gasteiger partial charge < -0.3 is 15.8 Å². The lowest BCUT2D eigenvalue weighted by atomic mass is 10.1. The van der Waals surface area contributed by atoms with Crippen molar-refractivity contribution in [2.45, 2.75) is 6.54 Å². The Morgan fingerprint density at radius 3 is 2.60 bits per heavy atom. The van der Waals surface area contributed by atoms with E-state index in [0.29, 0.717) is 5.56 Å². The van der Waals surface area contributed by atoms with Crippen LogP contribution in [0.2, 0.25) is 0 Å². The number of hydrogen-bond acceptors (Lipinski definition) is 3. The van der Waals surface area contributed by atoms with E-state index in [0.717, 1.165) is 16.7 Å². The van der Waals surface area contributed by atoms with Crippen molar-refractivity contribution < 1.29 is 5.21 Å². The summed E-state index contributed by atoms with van der Waals surface area (Å²) >= 11 is 3.45. The quantitative estimate of drug-likeness (QED) is 0.391. The maximum absolute atomic E-state index is 8.89. The minimum absolute atomic E-state index is 0.104. The molecule has 0 fully saturated rings. The predicted octanol–water partition coefficient (Wildman–Crippen LogP) is 3.18. The Labute approximate surface area is 126 Å². The summed E-state index contributed by atoms with van der Waals surface area (Å²) in [4.78, 5) is 2.06. The van der Waals surface area contributed by atoms with E-state index in [4.69, 9.17) is 10.9 Å². The number of nitrogens with zero attached hydrogens (tertiary/aromatic N) is 2. The van der Waals surface area contributed by atoms with Gasteiger partial charge in [0.2, 0.25) is 0 Å². The molecule has 4 nitrogen and oxygen atoms in total. The molecule has 3 N–H and O–H groups in total. The number of hydrogen-bond donors (Lipinski definition) is 2. The van der Waals surface area contributed by atoms with Crippen molar-refractivity contribution in [3.8, 4) is 0 Å². The summed E-state index contributed by atoms with van der Waals surface area (Å²) < 4.78 is 0.946. The van der Waals surface area contributed by atoms with E-state index in [-0.39, 0.29) is 5.84 Å². The fourth-order valence-electron chi connectivity index (χ4n) is 2.03. The van der Waals surface area contributed by atoms with Crippen molar-refractivity contribution in [2.75, 3.05) is 11.9 Å². The molecule has 0 unspecified atom stereocenters. The topological polar surface area (TPSA) is 61.8 Å². The van der Waals surface area contributed by atoms with Crippen LogP contribution < -0.4 is 10.6 Å². The first-order chi connectivity index (χ1) is 9.61. The average Bonchev–Trinajstić information content (AvgIpc) is 2.47. The Morgan fingerprint density at radius 2 is 1.95 bits per heavy atom. The normalized spacial score (nSPS) is 11.4. The maximum Gasteiger partial charge on any atom is 0.172 e. The largest absolute Gasteiger partial charge is 0.409 e. The van der Waals surface area contributed by atoms with E-state index in [9.17, 15) is 0 Å². The van der Waals surface area contributed by atoms with Crippen LogP contribution in [0.25, 0.3) is 0 Å². The van der Waals surface area contributed by atoms with E-state index in [1.807, 2.05) is 43.4 Å². The van der Waals surface area contributed by atoms with Crippen LogP contribution in [-0.4, -0.2) is 18.1 Å². The molecular weight excluding hydrogens is 318 g/mol. The number of rotatable bonds is 4. The molecule has 0 saturated heterocycles. The maximum atomic E-state index is 8.89. The van der Waals surface area contributed by atoms with Crippen molar-refractivity contribution >= 4 is 27.5 Å². The predicted molar refractivity (Wildman–Crippen MR) is 85.2 cm³/mol. The van der Waals surface area contributed by atoms with Gasteiger partial charge in [0.05, 0.1) is 0 Å². The van der Waals surface area contributed by atoms with Crippen LogP contribution in [0.1, 0.15) is 11.1 Å². The van der Waals surface area contributed by atoms with Gasteiger partial charge in [-0.1, -0.05) is 51.4 Å². The number of anilines is 1. The first-order valence-electron chi connectivity index (χ1n) is 6.14. The van der Waals surface area contributed by atoms with Crippen LogP contribution in [0.4, 0.5) is 5.69 Å². The van der Waals surface area contributed by atoms with Gasteiger partial charge in [-0.2, -0.15) is 0 Å². The van der Waals surface area contributed by atoms with Crippen molar-refractivity contribution in [1.29, 1.82) is 0 Å². The van der Waals surface area contributed by atoms with Gasteiger partial charge in [-0.05, 0) is 23.8 Å². The van der Waals surface area contributed by atoms with Crippen LogP contribution >= 0.6 is 15.9 Å². The number of amidine groups is 1. The van der Waals surface area contributed by atoms with E-state index in [1.165, 1.54) is 5.56 Å². The smallest absolute Gasteiger partial charge is 0.172 e. The lowest BCUT2D eigenvalue weighted by Crippen LogP contribution is -2.22. The van der Waals surface area contributed by atoms with Gasteiger partial charge >= 0.3 is 0 Å². The fourth-order valence-corrected chi connectivity index (χ4v) is 2.38. The lowest BCUT2D eigenvalue weighted by molar-refractivity contribution is 0.318. The Balaban J connectivity index is 2.33. The molecule has 0 aromatic heterocycles. The second kappa shape index (κ2) is 6.43. The Kier molecular flexibility index (Phi) is 4.63. The molecule has 2 aromatic carbocycles. The number of halogens is 1. The van der Waals surface area contributed by atoms with Crippen LogP contribution in [0.15, 0.2) is 58.2 Å². The van der Waals surface area contributed by atoms with Crippen molar-refractivity contribution in [3.63, 3.8) is 0 Å². The summed E-state index contributed by atoms with van der Waals surface area (Å²) in [6.45, 7) is 0.739. The number of nitrogens with two attached hydrogens (primary N) is 1. The van der Waals surface area contributed by atoms with Gasteiger partial charge in [0, 0.05) is 29.3 Å². The molecule has 0 saturated carbocycles. The minimum Gasteiger partial charge on any atom is -0.409 e. The highest BCUT2D eigenvalue weighted by atomic mass is 79.9. The molecule has 20 heavy (non-hydrogen) atoms. The van der Waals surface area contributed by atoms with Gasteiger partial charge in [0.25, 0.3) is 0 Å². The van der Waals surface area contributed by atoms with Crippen LogP contribution in [0.5, 0.6) is 0 Å². The third-order valence-corrected chi connectivity index (χ3v) is 3.51. The molecule has 0 aliphatic rings. The molecule has 0 aliphatic carbocycles. The molecule has 0 bridgehead atoms. The Morgan fingerprint density at radius 1 is 1.25 bits per heavy atom. The molecule has 0 amide bonds. The van der Waals surface area contributed by atoms with E-state index in [2.05, 4.69) is 38.1 Å². The Hall–Kier alpha value is -2.01. The monoisotopic (exact) mass is 333 g/mol. The second-order valence-electron chi connectivity index (χ2n) is 4.49. The molecule has 5 heteroatoms. The molecule has 0 spiro atoms. The molecule has 2 aromatic rings. The average molecular weight is 334 g/mol. The molecular formula is C15H16BrN3O. The van der Waals surface area contributed by atoms with Gasteiger partial charge in [-0.25, -0.2) is 0 Å². The zero-order valence-corrected chi connectivity index (χ0v) is 12.7. The highest BCUT2D eigenvalue weighted by molar-refractivity contribution is 9.10. The van der Waals surface area contributed by atoms with Crippen LogP contribution in [0, 0.1) is 0 Å². The molecule has 0 heterocycles. The zero-order valence-electron chi connectivity index (χ0n) is 11.1. The highest BCUT2D eigenvalue weighted by Crippen LogP contribution is 2.25. The standard InChI is InChI=1S/C15H16BrN3O/c1-19(10-11-5-3-2-4-6-11)14-9-12(16)7-8-13(14)15(17)18-20/h2-9,20H,10H2,1H3,(H2,17,18). The summed E-state index contributed by atoms with van der Waals surface area (Å²) in [5.74, 6) is 0.104. The first kappa shape index (κ1) is 14.4. The highest BCUT2D eigenvalue weighted by Gasteiger charge is 2.12. The van der Waals surface area contributed by atoms with Crippen molar-refractivity contribution in [3.05, 3.63) is 64.1 Å². The zero-order chi connectivity index (χ0) is 14.5. The van der Waals surface area contributed by atoms with E-state index in [1.54, 1.807) is 0 Å².